The molecule has 0 bridgehead atoms. The molecule has 2 fully saturated rings. The van der Waals surface area contributed by atoms with Crippen molar-refractivity contribution in [1.82, 2.24) is 4.90 Å². The van der Waals surface area contributed by atoms with Gasteiger partial charge in [0.2, 0.25) is 0 Å². The number of amidine groups is 1. The van der Waals surface area contributed by atoms with Crippen LogP contribution in [0.1, 0.15) is 6.42 Å². The number of carboxylic acid groups (broad SMARTS) is 1. The molecule has 1 saturated heterocycles. The van der Waals surface area contributed by atoms with Crippen molar-refractivity contribution >= 4 is 23.3 Å². The highest BCUT2D eigenvalue weighted by Gasteiger charge is 2.53. The Hall–Kier alpha value is -3.24. The Morgan fingerprint density at radius 1 is 1.31 bits per heavy atom. The van der Waals surface area contributed by atoms with Gasteiger partial charge in [0.25, 0.3) is 0 Å². The molecular formula is C22H21F3N4O3. The van der Waals surface area contributed by atoms with Crippen LogP contribution < -0.4 is 10.6 Å². The summed E-state index contributed by atoms with van der Waals surface area (Å²) in [6.45, 7) is 4.91. The number of piperidine rings is 1. The number of halogens is 3. The predicted octanol–water partition coefficient (Wildman–Crippen LogP) is 2.37. The summed E-state index contributed by atoms with van der Waals surface area (Å²) in [5, 5.41) is 9.31. The van der Waals surface area contributed by atoms with Gasteiger partial charge in [-0.1, -0.05) is 6.58 Å². The second-order valence-corrected chi connectivity index (χ2v) is 8.04. The van der Waals surface area contributed by atoms with Crippen molar-refractivity contribution in [3.05, 3.63) is 65.8 Å². The van der Waals surface area contributed by atoms with Crippen molar-refractivity contribution in [2.45, 2.75) is 12.5 Å². The standard InChI is InChI=1S/C22H21F3N4O3/c1-2-15(24)17(10-28-7-12-13(8-28)21(12)26)27-20-6-19(30)14(22(31)32)9-29(20)18-4-3-11(23)5-16(18)25/h2-5,9,12-13,21H,1,6-8,10,26H2,(H,31,32)/b17-15+,27-20?/t12-,13+,21?. The second-order valence-electron chi connectivity index (χ2n) is 8.04. The molecule has 1 saturated carbocycles. The largest absolute Gasteiger partial charge is 0.478 e. The summed E-state index contributed by atoms with van der Waals surface area (Å²) in [6.07, 6.45) is 1.39. The van der Waals surface area contributed by atoms with Crippen LogP contribution in [0.5, 0.6) is 0 Å². The van der Waals surface area contributed by atoms with Crippen molar-refractivity contribution in [2.24, 2.45) is 22.6 Å². The minimum absolute atomic E-state index is 0.0302. The fourth-order valence-electron chi connectivity index (χ4n) is 4.19. The molecule has 1 aliphatic carbocycles. The number of ketones is 1. The summed E-state index contributed by atoms with van der Waals surface area (Å²) >= 11 is 0. The summed E-state index contributed by atoms with van der Waals surface area (Å²) in [4.78, 5) is 31.1. The van der Waals surface area contributed by atoms with E-state index in [0.29, 0.717) is 31.0 Å². The van der Waals surface area contributed by atoms with Gasteiger partial charge >= 0.3 is 5.97 Å². The van der Waals surface area contributed by atoms with Crippen molar-refractivity contribution < 1.29 is 27.9 Å². The summed E-state index contributed by atoms with van der Waals surface area (Å²) in [5.74, 6) is -4.17. The zero-order chi connectivity index (χ0) is 23.2. The number of likely N-dealkylation sites (tertiary alicyclic amines) is 1. The molecular weight excluding hydrogens is 425 g/mol. The van der Waals surface area contributed by atoms with E-state index in [0.717, 1.165) is 29.3 Å². The van der Waals surface area contributed by atoms with Gasteiger partial charge in [-0.3, -0.25) is 9.69 Å². The molecule has 3 aliphatic rings. The highest BCUT2D eigenvalue weighted by atomic mass is 19.1. The molecule has 0 amide bonds. The van der Waals surface area contributed by atoms with Gasteiger partial charge in [0.15, 0.2) is 5.78 Å². The topological polar surface area (TPSA) is 99.2 Å². The highest BCUT2D eigenvalue weighted by Crippen LogP contribution is 2.44. The molecule has 0 radical (unpaired) electrons. The molecule has 4 rings (SSSR count). The molecule has 3 N–H and O–H groups in total. The monoisotopic (exact) mass is 446 g/mol. The lowest BCUT2D eigenvalue weighted by Crippen LogP contribution is -2.37. The first-order valence-electron chi connectivity index (χ1n) is 9.98. The van der Waals surface area contributed by atoms with Gasteiger partial charge in [-0.05, 0) is 30.0 Å². The molecule has 168 valence electrons. The number of anilines is 1. The second kappa shape index (κ2) is 8.36. The third-order valence-corrected chi connectivity index (χ3v) is 5.98. The Balaban J connectivity index is 1.72. The Bertz CT molecular complexity index is 1090. The first-order valence-corrected chi connectivity index (χ1v) is 9.98. The molecule has 2 aliphatic heterocycles. The quantitative estimate of drug-likeness (QED) is 0.514. The molecule has 1 aromatic carbocycles. The average molecular weight is 446 g/mol. The zero-order valence-corrected chi connectivity index (χ0v) is 17.0. The number of Topliss-reactive ketones (excluding diaryl/α,β-unsaturated/α-hetero) is 1. The Kier molecular flexibility index (Phi) is 5.74. The van der Waals surface area contributed by atoms with Crippen LogP contribution in [0.3, 0.4) is 0 Å². The zero-order valence-electron chi connectivity index (χ0n) is 17.0. The maximum absolute atomic E-state index is 14.6. The summed E-state index contributed by atoms with van der Waals surface area (Å²) in [6, 6.07) is 2.86. The smallest absolute Gasteiger partial charge is 0.340 e. The Labute approximate surface area is 182 Å². The van der Waals surface area contributed by atoms with Gasteiger partial charge in [0.1, 0.15) is 28.9 Å². The summed E-state index contributed by atoms with van der Waals surface area (Å²) in [5.41, 5.74) is 5.11. The van der Waals surface area contributed by atoms with Crippen LogP contribution in [0.25, 0.3) is 0 Å². The fourth-order valence-corrected chi connectivity index (χ4v) is 4.19. The number of rotatable bonds is 6. The Morgan fingerprint density at radius 2 is 2.00 bits per heavy atom. The fraction of sp³-hybridized carbons (Fsp3) is 0.318. The number of nitrogens with zero attached hydrogens (tertiary/aromatic N) is 3. The average Bonchev–Trinajstić information content (AvgIpc) is 3.13. The van der Waals surface area contributed by atoms with E-state index in [-0.39, 0.29) is 29.8 Å². The van der Waals surface area contributed by atoms with E-state index in [2.05, 4.69) is 11.6 Å². The third kappa shape index (κ3) is 4.11. The predicted molar refractivity (Wildman–Crippen MR) is 111 cm³/mol. The molecule has 0 spiro atoms. The highest BCUT2D eigenvalue weighted by molar-refractivity contribution is 6.27. The lowest BCUT2D eigenvalue weighted by atomic mass is 10.0. The van der Waals surface area contributed by atoms with E-state index in [9.17, 15) is 27.9 Å². The maximum atomic E-state index is 14.6. The third-order valence-electron chi connectivity index (χ3n) is 5.98. The van der Waals surface area contributed by atoms with Gasteiger partial charge in [0.05, 0.1) is 17.8 Å². The molecule has 1 aromatic rings. The van der Waals surface area contributed by atoms with Crippen LogP contribution in [-0.4, -0.2) is 53.3 Å². The van der Waals surface area contributed by atoms with Gasteiger partial charge in [-0.2, -0.15) is 0 Å². The van der Waals surface area contributed by atoms with E-state index in [1.165, 1.54) is 0 Å². The van der Waals surface area contributed by atoms with E-state index >= 15 is 0 Å². The van der Waals surface area contributed by atoms with Gasteiger partial charge in [-0.25, -0.2) is 23.0 Å². The number of hydrogen-bond acceptors (Lipinski definition) is 5. The number of allylic oxidation sites excluding steroid dienone is 2. The van der Waals surface area contributed by atoms with E-state index in [4.69, 9.17) is 5.73 Å². The molecule has 1 unspecified atom stereocenters. The summed E-state index contributed by atoms with van der Waals surface area (Å²) in [7, 11) is 0. The normalized spacial score (nSPS) is 27.2. The minimum atomic E-state index is -1.50. The number of carbonyl (C=O) groups is 2. The van der Waals surface area contributed by atoms with Crippen molar-refractivity contribution in [1.29, 1.82) is 0 Å². The van der Waals surface area contributed by atoms with Crippen molar-refractivity contribution in [3.63, 3.8) is 0 Å². The first-order chi connectivity index (χ1) is 15.2. The van der Waals surface area contributed by atoms with Gasteiger partial charge < -0.3 is 15.7 Å². The van der Waals surface area contributed by atoms with Crippen molar-refractivity contribution in [2.75, 3.05) is 24.5 Å². The molecule has 32 heavy (non-hydrogen) atoms. The van der Waals surface area contributed by atoms with E-state index in [1.54, 1.807) is 0 Å². The SMILES string of the molecule is C=C/C(F)=C(/CN1C[C@@H]2C(N)[C@@H]2C1)N=C1CC(=O)C(C(=O)O)=CN1c1ccc(F)cc1F. The lowest BCUT2D eigenvalue weighted by molar-refractivity contribution is -0.134. The number of fused-ring (bicyclic) bond motifs is 1. The van der Waals surface area contributed by atoms with Gasteiger partial charge in [-0.15, -0.1) is 0 Å². The van der Waals surface area contributed by atoms with Crippen LogP contribution in [-0.2, 0) is 9.59 Å². The Morgan fingerprint density at radius 3 is 2.59 bits per heavy atom. The van der Waals surface area contributed by atoms with Crippen LogP contribution in [0.4, 0.5) is 18.9 Å². The summed E-state index contributed by atoms with van der Waals surface area (Å²) < 4.78 is 42.5. The first kappa shape index (κ1) is 22.0. The lowest BCUT2D eigenvalue weighted by Gasteiger charge is -2.28. The molecule has 10 heteroatoms. The van der Waals surface area contributed by atoms with E-state index < -0.39 is 41.2 Å². The number of carboxylic acids is 1. The minimum Gasteiger partial charge on any atom is -0.478 e. The number of benzene rings is 1. The van der Waals surface area contributed by atoms with Crippen LogP contribution >= 0.6 is 0 Å². The molecule has 0 aromatic heterocycles. The van der Waals surface area contributed by atoms with E-state index in [1.807, 2.05) is 4.90 Å². The number of carbonyl (C=O) groups excluding carboxylic acids is 1. The molecule has 7 nitrogen and oxygen atoms in total. The van der Waals surface area contributed by atoms with Crippen LogP contribution in [0.15, 0.2) is 59.1 Å². The number of nitrogens with two attached hydrogens (primary N) is 1. The number of aliphatic carboxylic acids is 1. The molecule has 2 heterocycles. The maximum Gasteiger partial charge on any atom is 0.340 e. The van der Waals surface area contributed by atoms with Crippen LogP contribution in [0, 0.1) is 23.5 Å². The van der Waals surface area contributed by atoms with Gasteiger partial charge in [0, 0.05) is 37.9 Å². The number of aliphatic imine (C=N–C) groups is 1. The number of hydrogen-bond donors (Lipinski definition) is 2. The van der Waals surface area contributed by atoms with Crippen molar-refractivity contribution in [3.8, 4) is 0 Å². The van der Waals surface area contributed by atoms with Crippen LogP contribution in [0.2, 0.25) is 0 Å². The molecule has 3 atom stereocenters.